The van der Waals surface area contributed by atoms with Crippen LogP contribution in [0.2, 0.25) is 0 Å². The average Bonchev–Trinajstić information content (AvgIpc) is 2.25. The first kappa shape index (κ1) is 13.4. The van der Waals surface area contributed by atoms with Gasteiger partial charge >= 0.3 is 6.18 Å². The van der Waals surface area contributed by atoms with Crippen molar-refractivity contribution in [3.8, 4) is 0 Å². The Balaban J connectivity index is 2.68. The van der Waals surface area contributed by atoms with E-state index in [0.717, 1.165) is 17.3 Å². The maximum atomic E-state index is 12.0. The minimum atomic E-state index is -4.12. The summed E-state index contributed by atoms with van der Waals surface area (Å²) in [6, 6.07) is 7.31. The fraction of sp³-hybridized carbons (Fsp3) is 0.455. The number of alkyl halides is 3. The third kappa shape index (κ3) is 4.45. The lowest BCUT2D eigenvalue weighted by Crippen LogP contribution is -2.12. The van der Waals surface area contributed by atoms with Crippen LogP contribution in [0.5, 0.6) is 0 Å². The van der Waals surface area contributed by atoms with E-state index in [2.05, 4.69) is 5.32 Å². The predicted molar refractivity (Wildman–Crippen MR) is 60.7 cm³/mol. The topological polar surface area (TPSA) is 12.0 Å². The molecular weight excluding hydrogens is 235 g/mol. The molecule has 0 radical (unpaired) electrons. The van der Waals surface area contributed by atoms with Gasteiger partial charge < -0.3 is 5.32 Å². The van der Waals surface area contributed by atoms with Gasteiger partial charge in [-0.25, -0.2) is 0 Å². The maximum absolute atomic E-state index is 12.0. The molecular formula is C11H14F3NS. The van der Waals surface area contributed by atoms with Crippen molar-refractivity contribution in [2.24, 2.45) is 0 Å². The highest BCUT2D eigenvalue weighted by Crippen LogP contribution is 2.28. The molecule has 16 heavy (non-hydrogen) atoms. The molecule has 5 heteroatoms. The van der Waals surface area contributed by atoms with Crippen molar-refractivity contribution in [2.45, 2.75) is 24.0 Å². The maximum Gasteiger partial charge on any atom is 0.398 e. The van der Waals surface area contributed by atoms with Crippen LogP contribution >= 0.6 is 11.8 Å². The van der Waals surface area contributed by atoms with E-state index in [1.54, 1.807) is 18.2 Å². The van der Waals surface area contributed by atoms with Crippen LogP contribution in [0, 0.1) is 0 Å². The van der Waals surface area contributed by atoms with Crippen LogP contribution in [-0.2, 0) is 0 Å². The van der Waals surface area contributed by atoms with Gasteiger partial charge in [-0.05, 0) is 31.7 Å². The molecule has 1 atom stereocenters. The van der Waals surface area contributed by atoms with E-state index in [1.165, 1.54) is 0 Å². The Kier molecular flexibility index (Phi) is 4.68. The van der Waals surface area contributed by atoms with Gasteiger partial charge in [-0.2, -0.15) is 13.2 Å². The molecule has 0 aromatic heterocycles. The van der Waals surface area contributed by atoms with Gasteiger partial charge in [-0.1, -0.05) is 12.1 Å². The van der Waals surface area contributed by atoms with E-state index in [-0.39, 0.29) is 6.04 Å². The van der Waals surface area contributed by atoms with Gasteiger partial charge in [0.05, 0.1) is 5.75 Å². The number of hydrogen-bond donors (Lipinski definition) is 1. The summed E-state index contributed by atoms with van der Waals surface area (Å²) >= 11 is 0.817. The molecule has 0 aliphatic carbocycles. The molecule has 0 heterocycles. The molecule has 90 valence electrons. The summed E-state index contributed by atoms with van der Waals surface area (Å²) < 4.78 is 36.1. The Morgan fingerprint density at radius 1 is 1.38 bits per heavy atom. The van der Waals surface area contributed by atoms with E-state index in [0.29, 0.717) is 4.90 Å². The fourth-order valence-electron chi connectivity index (χ4n) is 1.21. The van der Waals surface area contributed by atoms with Crippen LogP contribution in [0.4, 0.5) is 13.2 Å². The molecule has 1 nitrogen and oxygen atoms in total. The molecule has 0 amide bonds. The number of nitrogens with one attached hydrogen (secondary N) is 1. The van der Waals surface area contributed by atoms with Crippen molar-refractivity contribution in [1.82, 2.24) is 5.32 Å². The lowest BCUT2D eigenvalue weighted by molar-refractivity contribution is -0.105. The van der Waals surface area contributed by atoms with Crippen molar-refractivity contribution >= 4 is 11.8 Å². The fourth-order valence-corrected chi connectivity index (χ4v) is 1.93. The van der Waals surface area contributed by atoms with Crippen molar-refractivity contribution < 1.29 is 13.2 Å². The molecule has 1 unspecified atom stereocenters. The second-order valence-electron chi connectivity index (χ2n) is 3.49. The molecule has 0 spiro atoms. The van der Waals surface area contributed by atoms with Gasteiger partial charge in [-0.15, -0.1) is 11.8 Å². The smallest absolute Gasteiger partial charge is 0.313 e. The summed E-state index contributed by atoms with van der Waals surface area (Å²) in [4.78, 5) is 0.650. The van der Waals surface area contributed by atoms with Gasteiger partial charge in [0.25, 0.3) is 0 Å². The molecule has 1 N–H and O–H groups in total. The van der Waals surface area contributed by atoms with E-state index >= 15 is 0 Å². The number of hydrogen-bond acceptors (Lipinski definition) is 2. The third-order valence-corrected chi connectivity index (χ3v) is 3.25. The van der Waals surface area contributed by atoms with Crippen LogP contribution in [0.1, 0.15) is 18.5 Å². The first-order valence-electron chi connectivity index (χ1n) is 4.89. The highest BCUT2D eigenvalue weighted by Gasteiger charge is 2.27. The lowest BCUT2D eigenvalue weighted by atomic mass is 10.1. The molecule has 0 fully saturated rings. The molecule has 1 aromatic carbocycles. The van der Waals surface area contributed by atoms with Crippen molar-refractivity contribution in [3.05, 3.63) is 29.8 Å². The van der Waals surface area contributed by atoms with E-state index in [4.69, 9.17) is 0 Å². The van der Waals surface area contributed by atoms with Crippen molar-refractivity contribution in [3.63, 3.8) is 0 Å². The zero-order valence-corrected chi connectivity index (χ0v) is 9.95. The Labute approximate surface area is 97.4 Å². The average molecular weight is 249 g/mol. The van der Waals surface area contributed by atoms with Crippen molar-refractivity contribution in [1.29, 1.82) is 0 Å². The number of rotatable bonds is 4. The summed E-state index contributed by atoms with van der Waals surface area (Å²) in [5.74, 6) is -0.843. The molecule has 0 aliphatic rings. The number of benzene rings is 1. The Morgan fingerprint density at radius 3 is 2.62 bits per heavy atom. The van der Waals surface area contributed by atoms with Gasteiger partial charge in [0.15, 0.2) is 0 Å². The zero-order valence-electron chi connectivity index (χ0n) is 9.14. The predicted octanol–water partition coefficient (Wildman–Crippen LogP) is 3.62. The van der Waals surface area contributed by atoms with Crippen LogP contribution in [-0.4, -0.2) is 19.0 Å². The monoisotopic (exact) mass is 249 g/mol. The molecule has 0 saturated carbocycles. The second-order valence-corrected chi connectivity index (χ2v) is 4.54. The lowest BCUT2D eigenvalue weighted by Gasteiger charge is -2.12. The second kappa shape index (κ2) is 5.59. The standard InChI is InChI=1S/C11H14F3NS/c1-8(15-2)9-4-3-5-10(6-9)16-7-11(12,13)14/h3-6,8,15H,7H2,1-2H3. The van der Waals surface area contributed by atoms with Crippen LogP contribution < -0.4 is 5.32 Å². The van der Waals surface area contributed by atoms with Crippen LogP contribution in [0.3, 0.4) is 0 Å². The van der Waals surface area contributed by atoms with Crippen LogP contribution in [0.25, 0.3) is 0 Å². The minimum absolute atomic E-state index is 0.145. The van der Waals surface area contributed by atoms with E-state index < -0.39 is 11.9 Å². The summed E-state index contributed by atoms with van der Waals surface area (Å²) in [6.07, 6.45) is -4.12. The summed E-state index contributed by atoms with van der Waals surface area (Å²) in [6.45, 7) is 1.97. The van der Waals surface area contributed by atoms with E-state index in [1.807, 2.05) is 20.0 Å². The van der Waals surface area contributed by atoms with Gasteiger partial charge in [0.1, 0.15) is 0 Å². The summed E-state index contributed by atoms with van der Waals surface area (Å²) in [5.41, 5.74) is 0.995. The van der Waals surface area contributed by atoms with Gasteiger partial charge in [-0.3, -0.25) is 0 Å². The largest absolute Gasteiger partial charge is 0.398 e. The summed E-state index contributed by atoms with van der Waals surface area (Å²) in [7, 11) is 1.82. The molecule has 0 bridgehead atoms. The van der Waals surface area contributed by atoms with Gasteiger partial charge in [0, 0.05) is 10.9 Å². The SMILES string of the molecule is CNC(C)c1cccc(SCC(F)(F)F)c1. The quantitative estimate of drug-likeness (QED) is 0.818. The zero-order chi connectivity index (χ0) is 12.2. The highest BCUT2D eigenvalue weighted by atomic mass is 32.2. The first-order valence-corrected chi connectivity index (χ1v) is 5.87. The Hall–Kier alpha value is -0.680. The van der Waals surface area contributed by atoms with Gasteiger partial charge in [0.2, 0.25) is 0 Å². The number of thioether (sulfide) groups is 1. The Morgan fingerprint density at radius 2 is 2.06 bits per heavy atom. The third-order valence-electron chi connectivity index (χ3n) is 2.19. The molecule has 1 rings (SSSR count). The molecule has 1 aromatic rings. The molecule has 0 saturated heterocycles. The van der Waals surface area contributed by atoms with Crippen molar-refractivity contribution in [2.75, 3.05) is 12.8 Å². The Bertz CT molecular complexity index is 338. The highest BCUT2D eigenvalue weighted by molar-refractivity contribution is 7.99. The number of halogens is 3. The summed E-state index contributed by atoms with van der Waals surface area (Å²) in [5, 5.41) is 3.05. The van der Waals surface area contributed by atoms with Crippen LogP contribution in [0.15, 0.2) is 29.2 Å². The molecule has 0 aliphatic heterocycles. The normalized spacial score (nSPS) is 13.8. The van der Waals surface area contributed by atoms with E-state index in [9.17, 15) is 13.2 Å². The minimum Gasteiger partial charge on any atom is -0.313 e. The first-order chi connectivity index (χ1) is 7.42.